The average molecular weight is 478 g/mol. The van der Waals surface area contributed by atoms with Gasteiger partial charge in [-0.2, -0.15) is 15.0 Å². The number of nitrogens with one attached hydrogen (secondary N) is 2. The molecule has 2 fully saturated rings. The zero-order valence-corrected chi connectivity index (χ0v) is 19.4. The molecule has 2 amide bonds. The van der Waals surface area contributed by atoms with Gasteiger partial charge >= 0.3 is 12.0 Å². The summed E-state index contributed by atoms with van der Waals surface area (Å²) >= 11 is 0. The third-order valence-corrected chi connectivity index (χ3v) is 5.71. The maximum absolute atomic E-state index is 12.3. The van der Waals surface area contributed by atoms with Crippen molar-refractivity contribution in [1.29, 1.82) is 0 Å². The molecule has 3 aromatic rings. The zero-order valence-electron chi connectivity index (χ0n) is 19.4. The Bertz CT molecular complexity index is 1140. The van der Waals surface area contributed by atoms with Crippen LogP contribution in [0.5, 0.6) is 6.01 Å². The van der Waals surface area contributed by atoms with E-state index in [-0.39, 0.29) is 24.2 Å². The Morgan fingerprint density at radius 2 is 1.86 bits per heavy atom. The second-order valence-electron chi connectivity index (χ2n) is 8.36. The molecule has 2 aliphatic heterocycles. The molecule has 1 aromatic carbocycles. The number of carbonyl (C=O) groups excluding carboxylic acids is 1. The predicted octanol–water partition coefficient (Wildman–Crippen LogP) is 2.97. The average Bonchev–Trinajstić information content (AvgIpc) is 3.38. The van der Waals surface area contributed by atoms with Gasteiger partial charge in [-0.25, -0.2) is 4.79 Å². The second kappa shape index (κ2) is 10.6. The molecule has 35 heavy (non-hydrogen) atoms. The number of urea groups is 1. The first kappa shape index (κ1) is 22.9. The lowest BCUT2D eigenvalue weighted by molar-refractivity contribution is 0.0977. The van der Waals surface area contributed by atoms with Crippen LogP contribution in [0.4, 0.5) is 22.1 Å². The van der Waals surface area contributed by atoms with Crippen LogP contribution in [-0.4, -0.2) is 71.1 Å². The minimum atomic E-state index is -0.357. The predicted molar refractivity (Wildman–Crippen MR) is 130 cm³/mol. The summed E-state index contributed by atoms with van der Waals surface area (Å²) in [4.78, 5) is 32.3. The normalized spacial score (nSPS) is 19.9. The van der Waals surface area contributed by atoms with E-state index >= 15 is 0 Å². The standard InChI is InChI=1S/C24H27N7O4/c1-16-14-34-12-10-31(16)22-28-21(29-24(30-22)35-20-8-11-33-15-20)17-4-6-18(7-5-17)26-23(32)27-19-3-2-9-25-13-19/h2-7,9,13,16,20H,8,10-12,14-15H2,1H3,(H2,26,27,32). The van der Waals surface area contributed by atoms with E-state index in [1.54, 1.807) is 36.7 Å². The summed E-state index contributed by atoms with van der Waals surface area (Å²) in [5.41, 5.74) is 2.02. The van der Waals surface area contributed by atoms with Crippen molar-refractivity contribution in [2.75, 3.05) is 48.5 Å². The van der Waals surface area contributed by atoms with Crippen LogP contribution in [0.2, 0.25) is 0 Å². The molecule has 0 bridgehead atoms. The first-order valence-electron chi connectivity index (χ1n) is 11.6. The Labute approximate surface area is 202 Å². The Hall–Kier alpha value is -3.83. The minimum Gasteiger partial charge on any atom is -0.457 e. The Morgan fingerprint density at radius 3 is 2.60 bits per heavy atom. The van der Waals surface area contributed by atoms with Gasteiger partial charge in [0.2, 0.25) is 5.95 Å². The molecule has 2 atom stereocenters. The van der Waals surface area contributed by atoms with Crippen LogP contribution in [-0.2, 0) is 9.47 Å². The topological polar surface area (TPSA) is 124 Å². The van der Waals surface area contributed by atoms with E-state index in [1.165, 1.54) is 0 Å². The lowest BCUT2D eigenvalue weighted by Crippen LogP contribution is -2.44. The minimum absolute atomic E-state index is 0.0786. The number of anilines is 3. The second-order valence-corrected chi connectivity index (χ2v) is 8.36. The van der Waals surface area contributed by atoms with Crippen molar-refractivity contribution < 1.29 is 19.0 Å². The van der Waals surface area contributed by atoms with Gasteiger partial charge in [-0.15, -0.1) is 0 Å². The van der Waals surface area contributed by atoms with E-state index in [4.69, 9.17) is 19.2 Å². The van der Waals surface area contributed by atoms with E-state index in [1.807, 2.05) is 12.1 Å². The summed E-state index contributed by atoms with van der Waals surface area (Å²) in [6, 6.07) is 10.9. The first-order chi connectivity index (χ1) is 17.1. The Balaban J connectivity index is 1.35. The molecule has 2 aliphatic rings. The monoisotopic (exact) mass is 477 g/mol. The fourth-order valence-corrected chi connectivity index (χ4v) is 3.87. The highest BCUT2D eigenvalue weighted by Gasteiger charge is 2.25. The van der Waals surface area contributed by atoms with Gasteiger partial charge in [0.1, 0.15) is 6.10 Å². The van der Waals surface area contributed by atoms with E-state index in [0.29, 0.717) is 56.1 Å². The molecule has 5 rings (SSSR count). The van der Waals surface area contributed by atoms with Gasteiger partial charge in [-0.3, -0.25) is 4.98 Å². The quantitative estimate of drug-likeness (QED) is 0.551. The fraction of sp³-hybridized carbons (Fsp3) is 0.375. The van der Waals surface area contributed by atoms with Crippen molar-refractivity contribution in [3.63, 3.8) is 0 Å². The number of hydrogen-bond donors (Lipinski definition) is 2. The van der Waals surface area contributed by atoms with Gasteiger partial charge in [0, 0.05) is 30.4 Å². The Morgan fingerprint density at radius 1 is 1.03 bits per heavy atom. The van der Waals surface area contributed by atoms with Crippen molar-refractivity contribution in [2.45, 2.75) is 25.5 Å². The lowest BCUT2D eigenvalue weighted by atomic mass is 10.2. The number of hydrogen-bond acceptors (Lipinski definition) is 9. The van der Waals surface area contributed by atoms with Crippen LogP contribution in [0.1, 0.15) is 13.3 Å². The summed E-state index contributed by atoms with van der Waals surface area (Å²) in [5, 5.41) is 5.54. The molecule has 11 nitrogen and oxygen atoms in total. The summed E-state index contributed by atoms with van der Waals surface area (Å²) in [6.45, 7) is 5.16. The third kappa shape index (κ3) is 5.81. The van der Waals surface area contributed by atoms with Crippen molar-refractivity contribution >= 4 is 23.4 Å². The fourth-order valence-electron chi connectivity index (χ4n) is 3.87. The first-order valence-corrected chi connectivity index (χ1v) is 11.6. The number of benzene rings is 1. The van der Waals surface area contributed by atoms with Crippen LogP contribution < -0.4 is 20.3 Å². The van der Waals surface area contributed by atoms with Crippen molar-refractivity contribution in [2.24, 2.45) is 0 Å². The van der Waals surface area contributed by atoms with Crippen molar-refractivity contribution in [3.05, 3.63) is 48.8 Å². The molecule has 2 saturated heterocycles. The highest BCUT2D eigenvalue weighted by atomic mass is 16.6. The molecule has 11 heteroatoms. The van der Waals surface area contributed by atoms with Crippen molar-refractivity contribution in [3.8, 4) is 17.4 Å². The number of aromatic nitrogens is 4. The highest BCUT2D eigenvalue weighted by Crippen LogP contribution is 2.25. The number of morpholine rings is 1. The van der Waals surface area contributed by atoms with Crippen LogP contribution in [0, 0.1) is 0 Å². The maximum atomic E-state index is 12.3. The number of pyridine rings is 1. The summed E-state index contributed by atoms with van der Waals surface area (Å²) in [6.07, 6.45) is 3.94. The maximum Gasteiger partial charge on any atom is 0.323 e. The highest BCUT2D eigenvalue weighted by molar-refractivity contribution is 5.99. The van der Waals surface area contributed by atoms with Gasteiger partial charge in [0.25, 0.3) is 0 Å². The molecule has 0 radical (unpaired) electrons. The van der Waals surface area contributed by atoms with E-state index < -0.39 is 0 Å². The number of nitrogens with zero attached hydrogens (tertiary/aromatic N) is 5. The van der Waals surface area contributed by atoms with Crippen LogP contribution in [0.25, 0.3) is 11.4 Å². The van der Waals surface area contributed by atoms with Gasteiger partial charge in [-0.05, 0) is 43.3 Å². The van der Waals surface area contributed by atoms with Gasteiger partial charge < -0.3 is 29.7 Å². The number of amides is 2. The Kier molecular flexibility index (Phi) is 6.96. The number of ether oxygens (including phenoxy) is 3. The van der Waals surface area contributed by atoms with E-state index in [0.717, 1.165) is 12.0 Å². The smallest absolute Gasteiger partial charge is 0.323 e. The molecule has 2 aromatic heterocycles. The van der Waals surface area contributed by atoms with E-state index in [2.05, 4.69) is 37.4 Å². The zero-order chi connectivity index (χ0) is 24.0. The number of rotatable bonds is 6. The molecule has 0 saturated carbocycles. The summed E-state index contributed by atoms with van der Waals surface area (Å²) in [7, 11) is 0. The third-order valence-electron chi connectivity index (χ3n) is 5.71. The van der Waals surface area contributed by atoms with Gasteiger partial charge in [0.15, 0.2) is 5.82 Å². The van der Waals surface area contributed by atoms with Crippen LogP contribution in [0.15, 0.2) is 48.8 Å². The lowest BCUT2D eigenvalue weighted by Gasteiger charge is -2.33. The molecular weight excluding hydrogens is 450 g/mol. The molecule has 4 heterocycles. The molecule has 2 N–H and O–H groups in total. The van der Waals surface area contributed by atoms with E-state index in [9.17, 15) is 4.79 Å². The van der Waals surface area contributed by atoms with Gasteiger partial charge in [-0.1, -0.05) is 0 Å². The van der Waals surface area contributed by atoms with Gasteiger partial charge in [0.05, 0.1) is 44.4 Å². The summed E-state index contributed by atoms with van der Waals surface area (Å²) in [5.74, 6) is 1.05. The molecule has 182 valence electrons. The molecule has 0 spiro atoms. The van der Waals surface area contributed by atoms with Crippen LogP contribution in [0.3, 0.4) is 0 Å². The molecular formula is C24H27N7O4. The SMILES string of the molecule is CC1COCCN1c1nc(OC2CCOC2)nc(-c2ccc(NC(=O)Nc3cccnc3)cc2)n1. The summed E-state index contributed by atoms with van der Waals surface area (Å²) < 4.78 is 17.0. The van der Waals surface area contributed by atoms with Crippen LogP contribution >= 0.6 is 0 Å². The molecule has 2 unspecified atom stereocenters. The largest absolute Gasteiger partial charge is 0.457 e. The van der Waals surface area contributed by atoms with Crippen molar-refractivity contribution in [1.82, 2.24) is 19.9 Å². The molecule has 0 aliphatic carbocycles. The number of carbonyl (C=O) groups is 1.